The predicted octanol–water partition coefficient (Wildman–Crippen LogP) is 3.30. The highest BCUT2D eigenvalue weighted by atomic mass is 32.2. The van der Waals surface area contributed by atoms with Gasteiger partial charge in [-0.1, -0.05) is 44.1 Å². The summed E-state index contributed by atoms with van der Waals surface area (Å²) < 4.78 is 39.0. The van der Waals surface area contributed by atoms with Crippen molar-refractivity contribution < 1.29 is 41.9 Å². The summed E-state index contributed by atoms with van der Waals surface area (Å²) in [5, 5.41) is 9.42. The van der Waals surface area contributed by atoms with E-state index in [1.807, 2.05) is 45.0 Å². The number of oxime groups is 1. The highest BCUT2D eigenvalue weighted by Gasteiger charge is 2.62. The second-order valence-electron chi connectivity index (χ2n) is 15.4. The van der Waals surface area contributed by atoms with Crippen LogP contribution in [0.1, 0.15) is 90.5 Å². The lowest BCUT2D eigenvalue weighted by Gasteiger charge is -2.35. The molecule has 4 amide bonds. The van der Waals surface area contributed by atoms with Gasteiger partial charge in [-0.25, -0.2) is 13.2 Å². The lowest BCUT2D eigenvalue weighted by molar-refractivity contribution is -0.143. The molecule has 6 rings (SSSR count). The average molecular weight is 728 g/mol. The van der Waals surface area contributed by atoms with Crippen LogP contribution < -0.4 is 20.1 Å². The fraction of sp³-hybridized carbons (Fsp3) is 0.639. The van der Waals surface area contributed by atoms with Gasteiger partial charge in [0.25, 0.3) is 5.91 Å². The molecule has 278 valence electrons. The number of para-hydroxylation sites is 1. The van der Waals surface area contributed by atoms with E-state index in [1.165, 1.54) is 4.90 Å². The largest absolute Gasteiger partial charge is 0.492 e. The summed E-state index contributed by atoms with van der Waals surface area (Å²) >= 11 is 0. The van der Waals surface area contributed by atoms with Crippen LogP contribution in [0, 0.1) is 11.3 Å². The van der Waals surface area contributed by atoms with Crippen molar-refractivity contribution in [2.24, 2.45) is 16.5 Å². The zero-order valence-corrected chi connectivity index (χ0v) is 30.3. The predicted molar refractivity (Wildman–Crippen MR) is 187 cm³/mol. The minimum absolute atomic E-state index is 0.0247. The first-order valence-electron chi connectivity index (χ1n) is 17.9. The van der Waals surface area contributed by atoms with E-state index in [1.54, 1.807) is 6.08 Å². The van der Waals surface area contributed by atoms with Crippen LogP contribution in [0.25, 0.3) is 0 Å². The van der Waals surface area contributed by atoms with Crippen molar-refractivity contribution in [2.75, 3.05) is 13.2 Å². The Labute approximate surface area is 299 Å². The number of likely N-dealkylation sites (tertiary alicyclic amines) is 1. The Morgan fingerprint density at radius 1 is 1.12 bits per heavy atom. The Hall–Kier alpha value is -4.14. The molecule has 5 atom stereocenters. The SMILES string of the molecule is C=CC[C@@H]1C[C@]1(NC(=O)[C@@H]1C[C@@H](O/N=C2\CCOc3ccccc32)CN1C(=O)[C@@H](NC(=O)OC1CCCC1)C(C)(C)C)C(=O)NS(=O)(=O)C1CC1. The first kappa shape index (κ1) is 36.6. The molecule has 0 unspecified atom stereocenters. The van der Waals surface area contributed by atoms with Gasteiger partial charge in [0, 0.05) is 18.4 Å². The highest BCUT2D eigenvalue weighted by molar-refractivity contribution is 7.91. The zero-order valence-electron chi connectivity index (χ0n) is 29.5. The Kier molecular flexibility index (Phi) is 10.4. The molecule has 15 heteroatoms. The van der Waals surface area contributed by atoms with Gasteiger partial charge in [-0.2, -0.15) is 0 Å². The van der Waals surface area contributed by atoms with E-state index in [2.05, 4.69) is 27.1 Å². The third-order valence-electron chi connectivity index (χ3n) is 10.4. The molecule has 3 saturated carbocycles. The number of carbonyl (C=O) groups excluding carboxylic acids is 4. The van der Waals surface area contributed by atoms with Gasteiger partial charge < -0.3 is 29.8 Å². The summed E-state index contributed by atoms with van der Waals surface area (Å²) in [6.45, 7) is 9.57. The number of sulfonamides is 1. The molecule has 0 radical (unpaired) electrons. The molecule has 0 bridgehead atoms. The van der Waals surface area contributed by atoms with Gasteiger partial charge in [-0.15, -0.1) is 6.58 Å². The first-order valence-corrected chi connectivity index (χ1v) is 19.5. The van der Waals surface area contributed by atoms with Crippen LogP contribution in [-0.4, -0.2) is 91.1 Å². The van der Waals surface area contributed by atoms with Gasteiger partial charge in [-0.05, 0) is 74.8 Å². The average Bonchev–Trinajstić information content (AvgIpc) is 3.95. The minimum atomic E-state index is -3.88. The standard InChI is InChI=1S/C36H49N5O9S/c1-5-10-22-20-36(22,33(44)40-51(46,47)25-15-16-25)38-31(42)28-19-24(50-39-27-17-18-48-29-14-9-8-13-26(27)29)21-41(28)32(43)30(35(2,3)4)37-34(45)49-23-11-6-7-12-23/h5,8-9,13-14,22-25,28,30H,1,6-7,10-12,15-21H2,2-4H3,(H,37,45)(H,38,42)(H,40,44)/b39-27+/t22-,24-,28+,30-,36-/m1/s1. The van der Waals surface area contributed by atoms with Crippen LogP contribution in [0.3, 0.4) is 0 Å². The minimum Gasteiger partial charge on any atom is -0.492 e. The molecule has 4 fully saturated rings. The van der Waals surface area contributed by atoms with Gasteiger partial charge >= 0.3 is 6.09 Å². The summed E-state index contributed by atoms with van der Waals surface area (Å²) in [4.78, 5) is 62.6. The number of alkyl carbamates (subject to hydrolysis) is 1. The molecule has 5 aliphatic rings. The van der Waals surface area contributed by atoms with Gasteiger partial charge in [0.1, 0.15) is 35.6 Å². The number of allylic oxidation sites excluding steroid dienone is 1. The normalized spacial score (nSPS) is 27.5. The number of fused-ring (bicyclic) bond motifs is 1. The Morgan fingerprint density at radius 3 is 2.53 bits per heavy atom. The van der Waals surface area contributed by atoms with E-state index in [-0.39, 0.29) is 31.4 Å². The molecule has 1 aromatic carbocycles. The number of nitrogens with zero attached hydrogens (tertiary/aromatic N) is 2. The summed E-state index contributed by atoms with van der Waals surface area (Å²) in [6, 6.07) is 5.28. The molecule has 2 aliphatic heterocycles. The van der Waals surface area contributed by atoms with Crippen molar-refractivity contribution in [2.45, 2.75) is 120 Å². The third-order valence-corrected chi connectivity index (χ3v) is 12.2. The van der Waals surface area contributed by atoms with E-state index in [0.29, 0.717) is 43.8 Å². The molecular formula is C36H49N5O9S. The van der Waals surface area contributed by atoms with E-state index >= 15 is 0 Å². The lowest BCUT2D eigenvalue weighted by atomic mass is 9.85. The van der Waals surface area contributed by atoms with Crippen molar-refractivity contribution in [3.63, 3.8) is 0 Å². The number of rotatable bonds is 12. The summed E-state index contributed by atoms with van der Waals surface area (Å²) in [5.74, 6) is -1.65. The Bertz CT molecular complexity index is 1680. The van der Waals surface area contributed by atoms with E-state index < -0.39 is 68.2 Å². The molecule has 51 heavy (non-hydrogen) atoms. The molecule has 1 aromatic rings. The summed E-state index contributed by atoms with van der Waals surface area (Å²) in [5.41, 5.74) is -0.802. The van der Waals surface area contributed by atoms with E-state index in [9.17, 15) is 27.6 Å². The maximum atomic E-state index is 14.4. The van der Waals surface area contributed by atoms with Crippen molar-refractivity contribution in [3.05, 3.63) is 42.5 Å². The highest BCUT2D eigenvalue weighted by Crippen LogP contribution is 2.47. The topological polar surface area (TPSA) is 182 Å². The summed E-state index contributed by atoms with van der Waals surface area (Å²) in [7, 11) is -3.88. The lowest BCUT2D eigenvalue weighted by Crippen LogP contribution is -2.60. The first-order chi connectivity index (χ1) is 24.2. The van der Waals surface area contributed by atoms with E-state index in [4.69, 9.17) is 14.3 Å². The number of hydrogen-bond donors (Lipinski definition) is 3. The molecule has 0 spiro atoms. The van der Waals surface area contributed by atoms with Crippen molar-refractivity contribution in [3.8, 4) is 5.75 Å². The van der Waals surface area contributed by atoms with Crippen LogP contribution in [0.2, 0.25) is 0 Å². The molecule has 2 heterocycles. The Morgan fingerprint density at radius 2 is 1.84 bits per heavy atom. The Balaban J connectivity index is 1.24. The molecule has 14 nitrogen and oxygen atoms in total. The van der Waals surface area contributed by atoms with Crippen LogP contribution in [-0.2, 0) is 34.0 Å². The molecule has 1 saturated heterocycles. The van der Waals surface area contributed by atoms with Crippen LogP contribution in [0.4, 0.5) is 4.79 Å². The van der Waals surface area contributed by atoms with Crippen LogP contribution in [0.15, 0.2) is 42.1 Å². The van der Waals surface area contributed by atoms with Crippen LogP contribution >= 0.6 is 0 Å². The smallest absolute Gasteiger partial charge is 0.408 e. The quantitative estimate of drug-likeness (QED) is 0.215. The molecule has 3 N–H and O–H groups in total. The zero-order chi connectivity index (χ0) is 36.6. The second-order valence-corrected chi connectivity index (χ2v) is 17.4. The number of hydrogen-bond acceptors (Lipinski definition) is 10. The molecule has 3 aliphatic carbocycles. The number of ether oxygens (including phenoxy) is 2. The van der Waals surface area contributed by atoms with Crippen molar-refractivity contribution in [1.82, 2.24) is 20.3 Å². The monoisotopic (exact) mass is 727 g/mol. The van der Waals surface area contributed by atoms with E-state index in [0.717, 1.165) is 31.2 Å². The second kappa shape index (κ2) is 14.5. The van der Waals surface area contributed by atoms with Gasteiger partial charge in [0.2, 0.25) is 21.8 Å². The van der Waals surface area contributed by atoms with Crippen LogP contribution in [0.5, 0.6) is 5.75 Å². The molecular weight excluding hydrogens is 678 g/mol. The fourth-order valence-electron chi connectivity index (χ4n) is 7.23. The maximum absolute atomic E-state index is 14.4. The number of amides is 4. The van der Waals surface area contributed by atoms with Gasteiger partial charge in [0.15, 0.2) is 0 Å². The number of benzene rings is 1. The number of nitrogens with one attached hydrogen (secondary N) is 3. The maximum Gasteiger partial charge on any atom is 0.408 e. The summed E-state index contributed by atoms with van der Waals surface area (Å²) in [6.07, 6.45) is 5.52. The molecule has 0 aromatic heterocycles. The van der Waals surface area contributed by atoms with Gasteiger partial charge in [-0.3, -0.25) is 19.1 Å². The van der Waals surface area contributed by atoms with Gasteiger partial charge in [0.05, 0.1) is 24.1 Å². The fourth-order valence-corrected chi connectivity index (χ4v) is 8.60. The van der Waals surface area contributed by atoms with Crippen molar-refractivity contribution in [1.29, 1.82) is 0 Å². The van der Waals surface area contributed by atoms with Crippen molar-refractivity contribution >= 4 is 39.5 Å². The third kappa shape index (κ3) is 8.18. The number of carbonyl (C=O) groups is 4.